The lowest BCUT2D eigenvalue weighted by atomic mass is 10.1. The van der Waals surface area contributed by atoms with Gasteiger partial charge in [0.05, 0.1) is 27.7 Å². The van der Waals surface area contributed by atoms with E-state index in [-0.39, 0.29) is 18.5 Å². The van der Waals surface area contributed by atoms with E-state index in [4.69, 9.17) is 4.74 Å². The lowest BCUT2D eigenvalue weighted by Gasteiger charge is -2.22. The molecule has 8 nitrogen and oxygen atoms in total. The minimum Gasteiger partial charge on any atom is -0.444 e. The fraction of sp³-hybridized carbons (Fsp3) is 0.364. The standard InChI is InChI=1S/C22H27N5O3S/c1-22(2,3)30-21(29)23-13-16(12-15-8-6-5-7-9-15)25-20(28)19-11-10-18(31-19)17-14-24-26-27(17)4/h5-11,14,16H,12-13H2,1-4H3,(H,23,29)(H,25,28)/t16-/m0/s1. The Morgan fingerprint density at radius 1 is 1.16 bits per heavy atom. The molecule has 1 atom stereocenters. The van der Waals surface area contributed by atoms with Gasteiger partial charge in [-0.2, -0.15) is 0 Å². The Morgan fingerprint density at radius 2 is 1.90 bits per heavy atom. The molecule has 3 aromatic rings. The smallest absolute Gasteiger partial charge is 0.407 e. The summed E-state index contributed by atoms with van der Waals surface area (Å²) < 4.78 is 6.97. The van der Waals surface area contributed by atoms with Gasteiger partial charge in [0.15, 0.2) is 0 Å². The number of nitrogens with one attached hydrogen (secondary N) is 2. The number of carbonyl (C=O) groups is 2. The predicted molar refractivity (Wildman–Crippen MR) is 120 cm³/mol. The number of aromatic nitrogens is 3. The zero-order valence-electron chi connectivity index (χ0n) is 18.1. The molecular weight excluding hydrogens is 414 g/mol. The van der Waals surface area contributed by atoms with Gasteiger partial charge in [-0.1, -0.05) is 35.5 Å². The Balaban J connectivity index is 1.68. The van der Waals surface area contributed by atoms with Crippen molar-refractivity contribution in [3.8, 4) is 10.6 Å². The van der Waals surface area contributed by atoms with Crippen molar-refractivity contribution in [1.29, 1.82) is 0 Å². The van der Waals surface area contributed by atoms with E-state index in [9.17, 15) is 9.59 Å². The van der Waals surface area contributed by atoms with Crippen LogP contribution in [0.2, 0.25) is 0 Å². The van der Waals surface area contributed by atoms with Gasteiger partial charge in [-0.25, -0.2) is 9.48 Å². The molecule has 164 valence electrons. The number of aryl methyl sites for hydroxylation is 1. The lowest BCUT2D eigenvalue weighted by molar-refractivity contribution is 0.0520. The Morgan fingerprint density at radius 3 is 2.55 bits per heavy atom. The molecule has 1 aromatic carbocycles. The Kier molecular flexibility index (Phi) is 7.06. The first kappa shape index (κ1) is 22.5. The topological polar surface area (TPSA) is 98.1 Å². The SMILES string of the molecule is Cn1nncc1-c1ccc(C(=O)N[C@H](CNC(=O)OC(C)(C)C)Cc2ccccc2)s1. The molecule has 9 heteroatoms. The molecule has 0 fully saturated rings. The maximum absolute atomic E-state index is 12.9. The van der Waals surface area contributed by atoms with Gasteiger partial charge in [0, 0.05) is 13.6 Å². The van der Waals surface area contributed by atoms with Crippen LogP contribution in [0.3, 0.4) is 0 Å². The highest BCUT2D eigenvalue weighted by molar-refractivity contribution is 7.17. The average Bonchev–Trinajstić information content (AvgIpc) is 3.34. The van der Waals surface area contributed by atoms with Crippen LogP contribution in [0, 0.1) is 0 Å². The third-order valence-corrected chi connectivity index (χ3v) is 5.46. The summed E-state index contributed by atoms with van der Waals surface area (Å²) in [4.78, 5) is 26.5. The van der Waals surface area contributed by atoms with Crippen molar-refractivity contribution in [1.82, 2.24) is 25.6 Å². The number of carbonyl (C=O) groups excluding carboxylic acids is 2. The van der Waals surface area contributed by atoms with E-state index in [1.54, 1.807) is 24.0 Å². The fourth-order valence-electron chi connectivity index (χ4n) is 2.96. The number of rotatable bonds is 7. The van der Waals surface area contributed by atoms with Crippen molar-refractivity contribution in [3.05, 3.63) is 59.1 Å². The second kappa shape index (κ2) is 9.74. The molecule has 0 aliphatic rings. The zero-order chi connectivity index (χ0) is 22.4. The lowest BCUT2D eigenvalue weighted by Crippen LogP contribution is -2.45. The summed E-state index contributed by atoms with van der Waals surface area (Å²) in [7, 11) is 1.81. The molecular formula is C22H27N5O3S. The molecule has 0 aliphatic heterocycles. The molecule has 0 radical (unpaired) electrons. The van der Waals surface area contributed by atoms with E-state index in [2.05, 4.69) is 20.9 Å². The summed E-state index contributed by atoms with van der Waals surface area (Å²) in [5.74, 6) is -0.196. The number of benzene rings is 1. The Hall–Kier alpha value is -3.20. The van der Waals surface area contributed by atoms with Crippen LogP contribution in [-0.2, 0) is 18.2 Å². The molecule has 2 aromatic heterocycles. The second-order valence-electron chi connectivity index (χ2n) is 8.15. The Labute approximate surface area is 185 Å². The maximum atomic E-state index is 12.9. The third kappa shape index (κ3) is 6.65. The molecule has 0 unspecified atom stereocenters. The van der Waals surface area contributed by atoms with Crippen LogP contribution < -0.4 is 10.6 Å². The van der Waals surface area contributed by atoms with Crippen molar-refractivity contribution >= 4 is 23.3 Å². The molecule has 2 N–H and O–H groups in total. The number of amides is 2. The number of alkyl carbamates (subject to hydrolysis) is 1. The largest absolute Gasteiger partial charge is 0.444 e. The van der Waals surface area contributed by atoms with E-state index in [1.165, 1.54) is 11.3 Å². The average molecular weight is 442 g/mol. The van der Waals surface area contributed by atoms with E-state index >= 15 is 0 Å². The summed E-state index contributed by atoms with van der Waals surface area (Å²) in [6.07, 6.45) is 1.73. The fourth-order valence-corrected chi connectivity index (χ4v) is 3.91. The van der Waals surface area contributed by atoms with Crippen molar-refractivity contribution in [2.24, 2.45) is 7.05 Å². The van der Waals surface area contributed by atoms with Gasteiger partial charge in [0.1, 0.15) is 5.60 Å². The van der Waals surface area contributed by atoms with Crippen LogP contribution in [0.4, 0.5) is 4.79 Å². The molecule has 0 saturated carbocycles. The summed E-state index contributed by atoms with van der Waals surface area (Å²) in [5.41, 5.74) is 1.32. The molecule has 0 saturated heterocycles. The molecule has 3 rings (SSSR count). The summed E-state index contributed by atoms with van der Waals surface area (Å²) in [6.45, 7) is 5.67. The summed E-state index contributed by atoms with van der Waals surface area (Å²) in [6, 6.07) is 13.2. The molecule has 2 amide bonds. The van der Waals surface area contributed by atoms with Gasteiger partial charge < -0.3 is 15.4 Å². The first-order valence-electron chi connectivity index (χ1n) is 9.98. The van der Waals surface area contributed by atoms with Gasteiger partial charge in [-0.05, 0) is 44.9 Å². The minimum absolute atomic E-state index is 0.196. The Bertz CT molecular complexity index is 1020. The van der Waals surface area contributed by atoms with Crippen LogP contribution in [-0.4, -0.2) is 45.2 Å². The monoisotopic (exact) mass is 441 g/mol. The van der Waals surface area contributed by atoms with Crippen LogP contribution in [0.5, 0.6) is 0 Å². The maximum Gasteiger partial charge on any atom is 0.407 e. The quantitative estimate of drug-likeness (QED) is 0.586. The second-order valence-corrected chi connectivity index (χ2v) is 9.23. The molecule has 0 bridgehead atoms. The highest BCUT2D eigenvalue weighted by Gasteiger charge is 2.20. The predicted octanol–water partition coefficient (Wildman–Crippen LogP) is 3.41. The number of hydrogen-bond acceptors (Lipinski definition) is 6. The molecule has 0 spiro atoms. The first-order chi connectivity index (χ1) is 14.7. The van der Waals surface area contributed by atoms with Gasteiger partial charge >= 0.3 is 6.09 Å². The highest BCUT2D eigenvalue weighted by Crippen LogP contribution is 2.27. The molecule has 2 heterocycles. The minimum atomic E-state index is -0.587. The summed E-state index contributed by atoms with van der Waals surface area (Å²) in [5, 5.41) is 13.6. The van der Waals surface area contributed by atoms with Crippen molar-refractivity contribution in [2.45, 2.75) is 38.8 Å². The van der Waals surface area contributed by atoms with E-state index < -0.39 is 11.7 Å². The van der Waals surface area contributed by atoms with Crippen LogP contribution in [0.1, 0.15) is 36.0 Å². The van der Waals surface area contributed by atoms with Crippen molar-refractivity contribution in [2.75, 3.05) is 6.54 Å². The van der Waals surface area contributed by atoms with Crippen LogP contribution in [0.15, 0.2) is 48.7 Å². The van der Waals surface area contributed by atoms with Crippen molar-refractivity contribution in [3.63, 3.8) is 0 Å². The highest BCUT2D eigenvalue weighted by atomic mass is 32.1. The van der Waals surface area contributed by atoms with E-state index in [0.717, 1.165) is 16.1 Å². The van der Waals surface area contributed by atoms with Crippen molar-refractivity contribution < 1.29 is 14.3 Å². The number of hydrogen-bond donors (Lipinski definition) is 2. The van der Waals surface area contributed by atoms with Crippen LogP contribution in [0.25, 0.3) is 10.6 Å². The third-order valence-electron chi connectivity index (χ3n) is 4.35. The normalized spacial score (nSPS) is 12.3. The molecule has 31 heavy (non-hydrogen) atoms. The van der Waals surface area contributed by atoms with E-state index in [1.807, 2.05) is 57.2 Å². The van der Waals surface area contributed by atoms with Crippen LogP contribution >= 0.6 is 11.3 Å². The van der Waals surface area contributed by atoms with Gasteiger partial charge in [0.25, 0.3) is 5.91 Å². The first-order valence-corrected chi connectivity index (χ1v) is 10.8. The van der Waals surface area contributed by atoms with Gasteiger partial charge in [0.2, 0.25) is 0 Å². The summed E-state index contributed by atoms with van der Waals surface area (Å²) >= 11 is 1.37. The number of thiophene rings is 1. The molecule has 0 aliphatic carbocycles. The van der Waals surface area contributed by atoms with E-state index in [0.29, 0.717) is 11.3 Å². The zero-order valence-corrected chi connectivity index (χ0v) is 18.9. The van der Waals surface area contributed by atoms with Gasteiger partial charge in [-0.3, -0.25) is 4.79 Å². The number of nitrogens with zero attached hydrogens (tertiary/aromatic N) is 3. The number of ether oxygens (including phenoxy) is 1. The van der Waals surface area contributed by atoms with Gasteiger partial charge in [-0.15, -0.1) is 16.4 Å².